The zero-order chi connectivity index (χ0) is 18.7. The lowest BCUT2D eigenvalue weighted by molar-refractivity contribution is -0.121. The summed E-state index contributed by atoms with van der Waals surface area (Å²) in [5.74, 6) is 0.575. The second-order valence-electron chi connectivity index (χ2n) is 6.94. The number of rotatable bonds is 6. The molecule has 26 heavy (non-hydrogen) atoms. The van der Waals surface area contributed by atoms with Crippen LogP contribution in [0.15, 0.2) is 24.4 Å². The number of benzene rings is 1. The molecule has 2 aromatic rings. The molecule has 6 heteroatoms. The van der Waals surface area contributed by atoms with Gasteiger partial charge < -0.3 is 10.1 Å². The molecule has 5 nitrogen and oxygen atoms in total. The van der Waals surface area contributed by atoms with Gasteiger partial charge in [0.15, 0.2) is 0 Å². The first-order valence-electron chi connectivity index (χ1n) is 9.27. The van der Waals surface area contributed by atoms with Crippen molar-refractivity contribution >= 4 is 17.5 Å². The van der Waals surface area contributed by atoms with Gasteiger partial charge in [0.05, 0.1) is 36.0 Å². The van der Waals surface area contributed by atoms with E-state index < -0.39 is 0 Å². The molecule has 1 heterocycles. The van der Waals surface area contributed by atoms with Crippen LogP contribution in [0.2, 0.25) is 5.02 Å². The second kappa shape index (κ2) is 8.12. The van der Waals surface area contributed by atoms with Crippen LogP contribution in [0.4, 0.5) is 0 Å². The number of carbonyl (C=O) groups excluding carboxylic acids is 1. The molecular formula is C20H26ClN3O2. The van der Waals surface area contributed by atoms with Crippen molar-refractivity contribution in [2.24, 2.45) is 0 Å². The van der Waals surface area contributed by atoms with Gasteiger partial charge in [-0.05, 0) is 51.7 Å². The van der Waals surface area contributed by atoms with Crippen molar-refractivity contribution in [2.45, 2.75) is 58.5 Å². The van der Waals surface area contributed by atoms with E-state index in [4.69, 9.17) is 16.3 Å². The van der Waals surface area contributed by atoms with Gasteiger partial charge in [-0.3, -0.25) is 9.48 Å². The Hall–Kier alpha value is -2.01. The Morgan fingerprint density at radius 1 is 1.46 bits per heavy atom. The van der Waals surface area contributed by atoms with Crippen molar-refractivity contribution in [1.29, 1.82) is 0 Å². The third-order valence-electron chi connectivity index (χ3n) is 4.70. The Kier molecular flexibility index (Phi) is 5.87. The standard InChI is InChI=1S/C20H26ClN3O2/c1-4-26-20-14(7-5-9-16(20)21)11-18(25)23-17-10-6-8-15-12-22-24(13(2)3)19(15)17/h5,7,9,12-13,17H,4,6,8,10-11H2,1-3H3,(H,23,25). The Morgan fingerprint density at radius 2 is 2.27 bits per heavy atom. The normalized spacial score (nSPS) is 16.4. The first-order chi connectivity index (χ1) is 12.5. The van der Waals surface area contributed by atoms with Crippen molar-refractivity contribution in [3.8, 4) is 5.75 Å². The molecule has 0 saturated heterocycles. The first-order valence-corrected chi connectivity index (χ1v) is 9.64. The van der Waals surface area contributed by atoms with Crippen LogP contribution in [0, 0.1) is 0 Å². The minimum Gasteiger partial charge on any atom is -0.492 e. The van der Waals surface area contributed by atoms with E-state index in [1.807, 2.05) is 29.9 Å². The predicted octanol–water partition coefficient (Wildman–Crippen LogP) is 4.25. The van der Waals surface area contributed by atoms with Crippen LogP contribution in [0.1, 0.15) is 62.5 Å². The number of fused-ring (bicyclic) bond motifs is 1. The summed E-state index contributed by atoms with van der Waals surface area (Å²) in [7, 11) is 0. The van der Waals surface area contributed by atoms with Gasteiger partial charge >= 0.3 is 0 Å². The van der Waals surface area contributed by atoms with Crippen molar-refractivity contribution < 1.29 is 9.53 Å². The molecule has 0 bridgehead atoms. The zero-order valence-electron chi connectivity index (χ0n) is 15.6. The highest BCUT2D eigenvalue weighted by atomic mass is 35.5. The van der Waals surface area contributed by atoms with Crippen molar-refractivity contribution in [3.05, 3.63) is 46.2 Å². The fraction of sp³-hybridized carbons (Fsp3) is 0.500. The van der Waals surface area contributed by atoms with Gasteiger partial charge in [-0.15, -0.1) is 0 Å². The minimum absolute atomic E-state index is 0.00544. The van der Waals surface area contributed by atoms with Crippen LogP contribution in [-0.2, 0) is 17.6 Å². The number of halogens is 1. The lowest BCUT2D eigenvalue weighted by atomic mass is 9.93. The molecule has 0 aliphatic heterocycles. The van der Waals surface area contributed by atoms with Crippen LogP contribution >= 0.6 is 11.6 Å². The lowest BCUT2D eigenvalue weighted by Gasteiger charge is -2.26. The number of nitrogens with zero attached hydrogens (tertiary/aromatic N) is 2. The Balaban J connectivity index is 1.77. The number of carbonyl (C=O) groups is 1. The van der Waals surface area contributed by atoms with Gasteiger partial charge in [0.2, 0.25) is 5.91 Å². The average Bonchev–Trinajstić information content (AvgIpc) is 3.03. The van der Waals surface area contributed by atoms with Crippen LogP contribution < -0.4 is 10.1 Å². The average molecular weight is 376 g/mol. The number of hydrogen-bond acceptors (Lipinski definition) is 3. The van der Waals surface area contributed by atoms with Crippen molar-refractivity contribution in [2.75, 3.05) is 6.61 Å². The van der Waals surface area contributed by atoms with E-state index in [1.165, 1.54) is 5.56 Å². The molecule has 140 valence electrons. The molecule has 1 aliphatic rings. The molecule has 1 atom stereocenters. The summed E-state index contributed by atoms with van der Waals surface area (Å²) < 4.78 is 7.66. The molecule has 3 rings (SSSR count). The van der Waals surface area contributed by atoms with E-state index in [0.29, 0.717) is 17.4 Å². The Morgan fingerprint density at radius 3 is 3.00 bits per heavy atom. The number of amides is 1. The number of para-hydroxylation sites is 1. The predicted molar refractivity (Wildman–Crippen MR) is 103 cm³/mol. The fourth-order valence-electron chi connectivity index (χ4n) is 3.59. The van der Waals surface area contributed by atoms with E-state index in [9.17, 15) is 4.79 Å². The molecular weight excluding hydrogens is 350 g/mol. The fourth-order valence-corrected chi connectivity index (χ4v) is 3.83. The molecule has 0 saturated carbocycles. The van der Waals surface area contributed by atoms with Gasteiger partial charge in [-0.1, -0.05) is 23.7 Å². The molecule has 0 fully saturated rings. The SMILES string of the molecule is CCOc1c(Cl)cccc1CC(=O)NC1CCCc2cnn(C(C)C)c21. The molecule has 1 aromatic carbocycles. The summed E-state index contributed by atoms with van der Waals surface area (Å²) in [5.41, 5.74) is 3.20. The summed E-state index contributed by atoms with van der Waals surface area (Å²) in [6, 6.07) is 5.79. The number of ether oxygens (including phenoxy) is 1. The number of hydrogen-bond donors (Lipinski definition) is 1. The topological polar surface area (TPSA) is 56.1 Å². The molecule has 1 unspecified atom stereocenters. The highest BCUT2D eigenvalue weighted by molar-refractivity contribution is 6.32. The number of aromatic nitrogens is 2. The van der Waals surface area contributed by atoms with Gasteiger partial charge in [-0.2, -0.15) is 5.10 Å². The molecule has 0 spiro atoms. The third-order valence-corrected chi connectivity index (χ3v) is 4.99. The molecule has 0 radical (unpaired) electrons. The maximum absolute atomic E-state index is 12.7. The molecule has 1 amide bonds. The maximum Gasteiger partial charge on any atom is 0.225 e. The van der Waals surface area contributed by atoms with E-state index in [-0.39, 0.29) is 24.4 Å². The Bertz CT molecular complexity index is 785. The summed E-state index contributed by atoms with van der Waals surface area (Å²) in [5, 5.41) is 8.25. The van der Waals surface area contributed by atoms with Crippen LogP contribution in [-0.4, -0.2) is 22.3 Å². The smallest absolute Gasteiger partial charge is 0.225 e. The summed E-state index contributed by atoms with van der Waals surface area (Å²) in [4.78, 5) is 12.7. The Labute approximate surface area is 159 Å². The second-order valence-corrected chi connectivity index (χ2v) is 7.35. The minimum atomic E-state index is -0.0254. The monoisotopic (exact) mass is 375 g/mol. The van der Waals surface area contributed by atoms with Crippen LogP contribution in [0.5, 0.6) is 5.75 Å². The highest BCUT2D eigenvalue weighted by Crippen LogP contribution is 2.32. The maximum atomic E-state index is 12.7. The highest BCUT2D eigenvalue weighted by Gasteiger charge is 2.27. The molecule has 1 aromatic heterocycles. The lowest BCUT2D eigenvalue weighted by Crippen LogP contribution is -2.33. The number of nitrogens with one attached hydrogen (secondary N) is 1. The van der Waals surface area contributed by atoms with Gasteiger partial charge in [0.25, 0.3) is 0 Å². The van der Waals surface area contributed by atoms with E-state index >= 15 is 0 Å². The van der Waals surface area contributed by atoms with Crippen molar-refractivity contribution in [3.63, 3.8) is 0 Å². The van der Waals surface area contributed by atoms with E-state index in [2.05, 4.69) is 24.3 Å². The summed E-state index contributed by atoms with van der Waals surface area (Å²) >= 11 is 6.22. The zero-order valence-corrected chi connectivity index (χ0v) is 16.3. The van der Waals surface area contributed by atoms with Gasteiger partial charge in [-0.25, -0.2) is 0 Å². The third kappa shape index (κ3) is 3.88. The number of aryl methyl sites for hydroxylation is 1. The molecule has 1 N–H and O–H groups in total. The largest absolute Gasteiger partial charge is 0.492 e. The van der Waals surface area contributed by atoms with Gasteiger partial charge in [0.1, 0.15) is 5.75 Å². The van der Waals surface area contributed by atoms with Crippen molar-refractivity contribution in [1.82, 2.24) is 15.1 Å². The quantitative estimate of drug-likeness (QED) is 0.821. The summed E-state index contributed by atoms with van der Waals surface area (Å²) in [6.45, 7) is 6.64. The first kappa shape index (κ1) is 18.8. The van der Waals surface area contributed by atoms with Gasteiger partial charge in [0, 0.05) is 11.6 Å². The van der Waals surface area contributed by atoms with Crippen LogP contribution in [0.3, 0.4) is 0 Å². The summed E-state index contributed by atoms with van der Waals surface area (Å²) in [6.07, 6.45) is 5.21. The molecule has 1 aliphatic carbocycles. The van der Waals surface area contributed by atoms with Crippen LogP contribution in [0.25, 0.3) is 0 Å². The van der Waals surface area contributed by atoms with E-state index in [1.54, 1.807) is 6.07 Å². The van der Waals surface area contributed by atoms with E-state index in [0.717, 1.165) is 30.5 Å².